The van der Waals surface area contributed by atoms with Gasteiger partial charge < -0.3 is 16.3 Å². The molecule has 4 N–H and O–H groups in total. The molecule has 1 rings (SSSR count). The summed E-state index contributed by atoms with van der Waals surface area (Å²) < 4.78 is 26.3. The van der Waals surface area contributed by atoms with E-state index in [4.69, 9.17) is 10.9 Å². The van der Waals surface area contributed by atoms with Crippen LogP contribution in [0.25, 0.3) is 0 Å². The topological polar surface area (TPSA) is 87.7 Å². The van der Waals surface area contributed by atoms with Crippen molar-refractivity contribution < 1.29 is 18.8 Å². The molecule has 0 heterocycles. The maximum Gasteiger partial charge on any atom is 0.257 e. The standard InChI is InChI=1S/C10H11F2N3O2/c11-6-2-1-3-7(12)9(6)10(16)14-5-4-8(13)15-17/h1-3,17H,4-5H2,(H2,13,15)(H,14,16). The van der Waals surface area contributed by atoms with Crippen molar-refractivity contribution in [2.75, 3.05) is 6.54 Å². The summed E-state index contributed by atoms with van der Waals surface area (Å²) in [5.74, 6) is -2.84. The number of carbonyl (C=O) groups excluding carboxylic acids is 1. The number of hydrogen-bond donors (Lipinski definition) is 3. The van der Waals surface area contributed by atoms with Crippen molar-refractivity contribution in [1.29, 1.82) is 0 Å². The molecule has 1 aromatic rings. The number of amides is 1. The van der Waals surface area contributed by atoms with Crippen LogP contribution in [0.4, 0.5) is 8.78 Å². The fraction of sp³-hybridized carbons (Fsp3) is 0.200. The van der Waals surface area contributed by atoms with Gasteiger partial charge in [-0.3, -0.25) is 4.79 Å². The molecule has 0 saturated heterocycles. The molecule has 92 valence electrons. The molecule has 0 fully saturated rings. The van der Waals surface area contributed by atoms with Crippen molar-refractivity contribution in [1.82, 2.24) is 5.32 Å². The Bertz CT molecular complexity index is 429. The summed E-state index contributed by atoms with van der Waals surface area (Å²) in [5.41, 5.74) is 4.51. The SMILES string of the molecule is NC(CCNC(=O)c1c(F)cccc1F)=NO. The molecule has 0 spiro atoms. The first-order valence-electron chi connectivity index (χ1n) is 4.75. The predicted octanol–water partition coefficient (Wildman–Crippen LogP) is 0.831. The van der Waals surface area contributed by atoms with Gasteiger partial charge in [0.1, 0.15) is 23.0 Å². The first-order chi connectivity index (χ1) is 8.06. The second-order valence-electron chi connectivity index (χ2n) is 3.19. The molecule has 1 amide bonds. The lowest BCUT2D eigenvalue weighted by atomic mass is 10.2. The van der Waals surface area contributed by atoms with Crippen molar-refractivity contribution in [3.63, 3.8) is 0 Å². The van der Waals surface area contributed by atoms with Crippen LogP contribution in [0.3, 0.4) is 0 Å². The molecule has 7 heteroatoms. The smallest absolute Gasteiger partial charge is 0.257 e. The van der Waals surface area contributed by atoms with Crippen LogP contribution in [0, 0.1) is 11.6 Å². The van der Waals surface area contributed by atoms with Crippen molar-refractivity contribution >= 4 is 11.7 Å². The summed E-state index contributed by atoms with van der Waals surface area (Å²) in [7, 11) is 0. The van der Waals surface area contributed by atoms with E-state index in [0.717, 1.165) is 18.2 Å². The summed E-state index contributed by atoms with van der Waals surface area (Å²) >= 11 is 0. The fourth-order valence-electron chi connectivity index (χ4n) is 1.16. The van der Waals surface area contributed by atoms with Gasteiger partial charge in [-0.25, -0.2) is 8.78 Å². The Hall–Kier alpha value is -2.18. The fourth-order valence-corrected chi connectivity index (χ4v) is 1.16. The molecule has 17 heavy (non-hydrogen) atoms. The van der Waals surface area contributed by atoms with E-state index < -0.39 is 23.1 Å². The van der Waals surface area contributed by atoms with Gasteiger partial charge in [0.2, 0.25) is 0 Å². The number of amidine groups is 1. The van der Waals surface area contributed by atoms with E-state index in [9.17, 15) is 13.6 Å². The third kappa shape index (κ3) is 3.40. The molecule has 0 unspecified atom stereocenters. The number of nitrogens with zero attached hydrogens (tertiary/aromatic N) is 1. The van der Waals surface area contributed by atoms with E-state index in [-0.39, 0.29) is 18.8 Å². The highest BCUT2D eigenvalue weighted by molar-refractivity contribution is 5.95. The number of nitrogens with one attached hydrogen (secondary N) is 1. The van der Waals surface area contributed by atoms with Crippen LogP contribution in [-0.4, -0.2) is 23.5 Å². The van der Waals surface area contributed by atoms with Crippen molar-refractivity contribution in [3.05, 3.63) is 35.4 Å². The van der Waals surface area contributed by atoms with E-state index in [1.54, 1.807) is 0 Å². The Morgan fingerprint density at radius 2 is 2.00 bits per heavy atom. The van der Waals surface area contributed by atoms with Crippen molar-refractivity contribution in [2.24, 2.45) is 10.9 Å². The highest BCUT2D eigenvalue weighted by Gasteiger charge is 2.16. The molecule has 0 aliphatic rings. The van der Waals surface area contributed by atoms with Gasteiger partial charge in [-0.15, -0.1) is 0 Å². The molecule has 0 aliphatic heterocycles. The van der Waals surface area contributed by atoms with Gasteiger partial charge >= 0.3 is 0 Å². The van der Waals surface area contributed by atoms with Gasteiger partial charge in [-0.1, -0.05) is 11.2 Å². The second kappa shape index (κ2) is 5.78. The zero-order valence-electron chi connectivity index (χ0n) is 8.78. The molecule has 1 aromatic carbocycles. The van der Waals surface area contributed by atoms with Gasteiger partial charge in [-0.2, -0.15) is 0 Å². The average Bonchev–Trinajstić information content (AvgIpc) is 2.28. The van der Waals surface area contributed by atoms with E-state index in [1.807, 2.05) is 0 Å². The summed E-state index contributed by atoms with van der Waals surface area (Å²) in [6.07, 6.45) is 0.0817. The largest absolute Gasteiger partial charge is 0.409 e. The molecule has 5 nitrogen and oxygen atoms in total. The maximum atomic E-state index is 13.2. The lowest BCUT2D eigenvalue weighted by molar-refractivity contribution is 0.0946. The van der Waals surface area contributed by atoms with Crippen LogP contribution in [0.1, 0.15) is 16.8 Å². The summed E-state index contributed by atoms with van der Waals surface area (Å²) in [5, 5.41) is 13.2. The number of carbonyl (C=O) groups is 1. The van der Waals surface area contributed by atoms with Gasteiger partial charge in [0.05, 0.1) is 0 Å². The lowest BCUT2D eigenvalue weighted by Crippen LogP contribution is -2.29. The lowest BCUT2D eigenvalue weighted by Gasteiger charge is -2.06. The summed E-state index contributed by atoms with van der Waals surface area (Å²) in [6.45, 7) is 0.0164. The molecule has 0 bridgehead atoms. The molecular weight excluding hydrogens is 232 g/mol. The Balaban J connectivity index is 2.65. The first kappa shape index (κ1) is 12.9. The van der Waals surface area contributed by atoms with Crippen LogP contribution >= 0.6 is 0 Å². The number of benzene rings is 1. The summed E-state index contributed by atoms with van der Waals surface area (Å²) in [4.78, 5) is 11.4. The number of hydrogen-bond acceptors (Lipinski definition) is 3. The van der Waals surface area contributed by atoms with Crippen LogP contribution in [0.15, 0.2) is 23.4 Å². The van der Waals surface area contributed by atoms with Crippen LogP contribution in [0.5, 0.6) is 0 Å². The molecule has 0 aliphatic carbocycles. The quantitative estimate of drug-likeness (QED) is 0.317. The Morgan fingerprint density at radius 1 is 1.41 bits per heavy atom. The van der Waals surface area contributed by atoms with E-state index in [0.29, 0.717) is 0 Å². The van der Waals surface area contributed by atoms with Gasteiger partial charge in [0.15, 0.2) is 0 Å². The molecular formula is C10H11F2N3O2. The zero-order valence-corrected chi connectivity index (χ0v) is 8.78. The first-order valence-corrected chi connectivity index (χ1v) is 4.75. The highest BCUT2D eigenvalue weighted by atomic mass is 19.1. The number of rotatable bonds is 4. The Kier molecular flexibility index (Phi) is 4.38. The number of oxime groups is 1. The molecule has 0 atom stereocenters. The molecule has 0 radical (unpaired) electrons. The third-order valence-corrected chi connectivity index (χ3v) is 1.98. The molecule has 0 aromatic heterocycles. The van der Waals surface area contributed by atoms with Crippen LogP contribution in [0.2, 0.25) is 0 Å². The predicted molar refractivity (Wildman–Crippen MR) is 56.7 cm³/mol. The normalized spacial score (nSPS) is 11.3. The monoisotopic (exact) mass is 243 g/mol. The van der Waals surface area contributed by atoms with Gasteiger partial charge in [-0.05, 0) is 12.1 Å². The van der Waals surface area contributed by atoms with Gasteiger partial charge in [0.25, 0.3) is 5.91 Å². The minimum atomic E-state index is -0.939. The van der Waals surface area contributed by atoms with E-state index in [2.05, 4.69) is 10.5 Å². The van der Waals surface area contributed by atoms with Gasteiger partial charge in [0, 0.05) is 13.0 Å². The second-order valence-corrected chi connectivity index (χ2v) is 3.19. The Morgan fingerprint density at radius 3 is 2.53 bits per heavy atom. The minimum Gasteiger partial charge on any atom is -0.409 e. The van der Waals surface area contributed by atoms with E-state index in [1.165, 1.54) is 0 Å². The van der Waals surface area contributed by atoms with Crippen molar-refractivity contribution in [2.45, 2.75) is 6.42 Å². The zero-order chi connectivity index (χ0) is 12.8. The third-order valence-electron chi connectivity index (χ3n) is 1.98. The van der Waals surface area contributed by atoms with Crippen LogP contribution < -0.4 is 11.1 Å². The maximum absolute atomic E-state index is 13.2. The Labute approximate surface area is 95.9 Å². The number of halogens is 2. The number of nitrogens with two attached hydrogens (primary N) is 1. The highest BCUT2D eigenvalue weighted by Crippen LogP contribution is 2.11. The molecule has 0 saturated carbocycles. The minimum absolute atomic E-state index is 0.0164. The van der Waals surface area contributed by atoms with Crippen LogP contribution in [-0.2, 0) is 0 Å². The average molecular weight is 243 g/mol. The summed E-state index contributed by atoms with van der Waals surface area (Å²) in [6, 6.07) is 3.14. The van der Waals surface area contributed by atoms with Crippen molar-refractivity contribution in [3.8, 4) is 0 Å². The van der Waals surface area contributed by atoms with E-state index >= 15 is 0 Å².